The maximum absolute atomic E-state index is 14.5. The molecule has 0 amide bonds. The standard InChI is InChI=1S/C24H25FN4O3S/c1-33(31)20-4-5-22(21(25)13-20)29-11-8-19(12-23(29)30)32-18-6-9-28(10-7-18)24-26-14-17(15-27-24)16-2-3-16/h4-5,8,11-16,18H,2-3,6-7,9-10H2,1H3. The van der Waals surface area contributed by atoms with Crippen LogP contribution < -0.4 is 15.2 Å². The van der Waals surface area contributed by atoms with Crippen molar-refractivity contribution >= 4 is 16.7 Å². The molecule has 1 aliphatic carbocycles. The van der Waals surface area contributed by atoms with Crippen molar-refractivity contribution in [2.75, 3.05) is 24.2 Å². The first-order valence-corrected chi connectivity index (χ1v) is 12.6. The Morgan fingerprint density at radius 3 is 2.39 bits per heavy atom. The van der Waals surface area contributed by atoms with E-state index in [2.05, 4.69) is 14.9 Å². The minimum absolute atomic E-state index is 0.0159. The number of benzene rings is 1. The van der Waals surface area contributed by atoms with Gasteiger partial charge in [-0.1, -0.05) is 0 Å². The Hall–Kier alpha value is -3.07. The largest absolute Gasteiger partial charge is 0.490 e. The van der Waals surface area contributed by atoms with Gasteiger partial charge in [-0.15, -0.1) is 0 Å². The molecule has 2 aliphatic rings. The summed E-state index contributed by atoms with van der Waals surface area (Å²) >= 11 is 0. The number of ether oxygens (including phenoxy) is 1. The molecular formula is C24H25FN4O3S. The van der Waals surface area contributed by atoms with Crippen molar-refractivity contribution in [3.63, 3.8) is 0 Å². The van der Waals surface area contributed by atoms with Crippen molar-refractivity contribution in [3.05, 3.63) is 70.7 Å². The fraction of sp³-hybridized carbons (Fsp3) is 0.375. The van der Waals surface area contributed by atoms with Crippen LogP contribution in [0, 0.1) is 5.82 Å². The van der Waals surface area contributed by atoms with E-state index in [0.717, 1.165) is 31.9 Å². The molecule has 1 saturated heterocycles. The van der Waals surface area contributed by atoms with E-state index in [1.807, 2.05) is 12.4 Å². The highest BCUT2D eigenvalue weighted by atomic mass is 32.2. The van der Waals surface area contributed by atoms with Crippen LogP contribution in [-0.2, 0) is 10.8 Å². The van der Waals surface area contributed by atoms with Crippen LogP contribution in [0.4, 0.5) is 10.3 Å². The smallest absolute Gasteiger partial charge is 0.258 e. The van der Waals surface area contributed by atoms with Crippen molar-refractivity contribution in [1.82, 2.24) is 14.5 Å². The Bertz CT molecular complexity index is 1240. The van der Waals surface area contributed by atoms with Crippen LogP contribution in [0.25, 0.3) is 5.69 Å². The number of hydrogen-bond donors (Lipinski definition) is 0. The molecule has 0 N–H and O–H groups in total. The maximum atomic E-state index is 14.5. The van der Waals surface area contributed by atoms with Crippen LogP contribution >= 0.6 is 0 Å². The molecule has 3 heterocycles. The lowest BCUT2D eigenvalue weighted by atomic mass is 10.1. The van der Waals surface area contributed by atoms with E-state index >= 15 is 0 Å². The Labute approximate surface area is 193 Å². The van der Waals surface area contributed by atoms with Gasteiger partial charge in [0.25, 0.3) is 5.56 Å². The minimum atomic E-state index is -1.29. The number of piperidine rings is 1. The van der Waals surface area contributed by atoms with Crippen molar-refractivity contribution in [3.8, 4) is 11.4 Å². The summed E-state index contributed by atoms with van der Waals surface area (Å²) in [6.07, 6.45) is 10.9. The van der Waals surface area contributed by atoms with Gasteiger partial charge < -0.3 is 9.64 Å². The summed E-state index contributed by atoms with van der Waals surface area (Å²) in [6, 6.07) is 7.25. The molecule has 3 aromatic rings. The van der Waals surface area contributed by atoms with Gasteiger partial charge in [-0.2, -0.15) is 0 Å². The molecule has 1 atom stereocenters. The third kappa shape index (κ3) is 4.83. The number of anilines is 1. The predicted octanol–water partition coefficient (Wildman–Crippen LogP) is 3.43. The zero-order chi connectivity index (χ0) is 22.9. The average molecular weight is 469 g/mol. The van der Waals surface area contributed by atoms with Gasteiger partial charge in [0.15, 0.2) is 0 Å². The number of nitrogens with zero attached hydrogens (tertiary/aromatic N) is 4. The Kier molecular flexibility index (Phi) is 5.97. The zero-order valence-electron chi connectivity index (χ0n) is 18.3. The van der Waals surface area contributed by atoms with Gasteiger partial charge in [-0.05, 0) is 48.6 Å². The van der Waals surface area contributed by atoms with Crippen molar-refractivity contribution in [1.29, 1.82) is 0 Å². The van der Waals surface area contributed by atoms with Gasteiger partial charge in [0.1, 0.15) is 17.7 Å². The molecule has 2 aromatic heterocycles. The van der Waals surface area contributed by atoms with Gasteiger partial charge >= 0.3 is 0 Å². The second-order valence-corrected chi connectivity index (χ2v) is 9.91. The molecule has 0 radical (unpaired) electrons. The second-order valence-electron chi connectivity index (χ2n) is 8.53. The molecular weight excluding hydrogens is 443 g/mol. The van der Waals surface area contributed by atoms with Gasteiger partial charge in [0.2, 0.25) is 5.95 Å². The first kappa shape index (κ1) is 21.8. The van der Waals surface area contributed by atoms with Gasteiger partial charge in [0, 0.05) is 72.5 Å². The van der Waals surface area contributed by atoms with E-state index in [1.165, 1.54) is 53.6 Å². The zero-order valence-corrected chi connectivity index (χ0v) is 19.1. The monoisotopic (exact) mass is 468 g/mol. The van der Waals surface area contributed by atoms with Gasteiger partial charge in [-0.25, -0.2) is 14.4 Å². The summed E-state index contributed by atoms with van der Waals surface area (Å²) in [6.45, 7) is 1.56. The fourth-order valence-electron chi connectivity index (χ4n) is 4.08. The summed E-state index contributed by atoms with van der Waals surface area (Å²) in [5.74, 6) is 1.26. The van der Waals surface area contributed by atoms with Crippen LogP contribution in [0.15, 0.2) is 58.6 Å². The summed E-state index contributed by atoms with van der Waals surface area (Å²) in [5.41, 5.74) is 0.947. The SMILES string of the molecule is CS(=O)c1ccc(-n2ccc(OC3CCN(c4ncc(C5CC5)cn4)CC3)cc2=O)c(F)c1. The van der Waals surface area contributed by atoms with Gasteiger partial charge in [0.05, 0.1) is 5.69 Å². The fourth-order valence-corrected chi connectivity index (χ4v) is 4.61. The molecule has 2 fully saturated rings. The molecule has 0 spiro atoms. The van der Waals surface area contributed by atoms with E-state index < -0.39 is 22.2 Å². The lowest BCUT2D eigenvalue weighted by Gasteiger charge is -2.32. The molecule has 9 heteroatoms. The van der Waals surface area contributed by atoms with Crippen LogP contribution in [-0.4, -0.2) is 44.2 Å². The summed E-state index contributed by atoms with van der Waals surface area (Å²) in [5, 5.41) is 0. The van der Waals surface area contributed by atoms with E-state index in [4.69, 9.17) is 4.74 Å². The van der Waals surface area contributed by atoms with Crippen LogP contribution in [0.3, 0.4) is 0 Å². The summed E-state index contributed by atoms with van der Waals surface area (Å²) in [4.78, 5) is 24.2. The number of pyridine rings is 1. The van der Waals surface area contributed by atoms with E-state index in [9.17, 15) is 13.4 Å². The molecule has 7 nitrogen and oxygen atoms in total. The van der Waals surface area contributed by atoms with E-state index in [1.54, 1.807) is 12.1 Å². The molecule has 1 aromatic carbocycles. The number of aromatic nitrogens is 3. The molecule has 172 valence electrons. The van der Waals surface area contributed by atoms with Crippen molar-refractivity contribution < 1.29 is 13.3 Å². The third-order valence-electron chi connectivity index (χ3n) is 6.14. The number of rotatable bonds is 6. The Morgan fingerprint density at radius 2 is 1.79 bits per heavy atom. The normalized spacial score (nSPS) is 17.7. The van der Waals surface area contributed by atoms with Crippen LogP contribution in [0.5, 0.6) is 5.75 Å². The number of hydrogen-bond acceptors (Lipinski definition) is 6. The summed E-state index contributed by atoms with van der Waals surface area (Å²) in [7, 11) is -1.29. The molecule has 5 rings (SSSR count). The predicted molar refractivity (Wildman–Crippen MR) is 124 cm³/mol. The highest BCUT2D eigenvalue weighted by molar-refractivity contribution is 7.84. The van der Waals surface area contributed by atoms with E-state index in [-0.39, 0.29) is 11.8 Å². The molecule has 1 aliphatic heterocycles. The lowest BCUT2D eigenvalue weighted by molar-refractivity contribution is 0.170. The minimum Gasteiger partial charge on any atom is -0.490 e. The van der Waals surface area contributed by atoms with E-state index in [0.29, 0.717) is 16.6 Å². The van der Waals surface area contributed by atoms with Crippen molar-refractivity contribution in [2.24, 2.45) is 0 Å². The lowest BCUT2D eigenvalue weighted by Crippen LogP contribution is -2.39. The topological polar surface area (TPSA) is 77.3 Å². The van der Waals surface area contributed by atoms with Crippen LogP contribution in [0.1, 0.15) is 37.2 Å². The second kappa shape index (κ2) is 9.05. The molecule has 33 heavy (non-hydrogen) atoms. The molecule has 1 saturated carbocycles. The average Bonchev–Trinajstić information content (AvgIpc) is 3.66. The quantitative estimate of drug-likeness (QED) is 0.552. The Morgan fingerprint density at radius 1 is 1.06 bits per heavy atom. The van der Waals surface area contributed by atoms with Crippen molar-refractivity contribution in [2.45, 2.75) is 42.6 Å². The summed E-state index contributed by atoms with van der Waals surface area (Å²) < 4.78 is 33.2. The number of halogens is 1. The van der Waals surface area contributed by atoms with Crippen LogP contribution in [0.2, 0.25) is 0 Å². The highest BCUT2D eigenvalue weighted by Crippen LogP contribution is 2.39. The third-order valence-corrected chi connectivity index (χ3v) is 7.05. The Balaban J connectivity index is 1.21. The first-order chi connectivity index (χ1) is 16.0. The molecule has 0 bridgehead atoms. The van der Waals surface area contributed by atoms with Gasteiger partial charge in [-0.3, -0.25) is 13.6 Å². The highest BCUT2D eigenvalue weighted by Gasteiger charge is 2.26. The molecule has 1 unspecified atom stereocenters. The first-order valence-electron chi connectivity index (χ1n) is 11.1. The maximum Gasteiger partial charge on any atom is 0.258 e.